The van der Waals surface area contributed by atoms with Crippen LogP contribution in [0.15, 0.2) is 5.16 Å². The summed E-state index contributed by atoms with van der Waals surface area (Å²) in [5.41, 5.74) is 0. The molecule has 0 spiro atoms. The summed E-state index contributed by atoms with van der Waals surface area (Å²) in [6.45, 7) is 11.1. The number of anilines is 2. The minimum atomic E-state index is 0.182. The van der Waals surface area contributed by atoms with Crippen LogP contribution < -0.4 is 10.2 Å². The second kappa shape index (κ2) is 9.78. The third-order valence-corrected chi connectivity index (χ3v) is 4.17. The van der Waals surface area contributed by atoms with E-state index in [2.05, 4.69) is 45.9 Å². The molecule has 1 unspecified atom stereocenters. The van der Waals surface area contributed by atoms with Gasteiger partial charge in [-0.25, -0.2) is 0 Å². The van der Waals surface area contributed by atoms with Crippen molar-refractivity contribution in [3.8, 4) is 0 Å². The molecule has 0 bridgehead atoms. The van der Waals surface area contributed by atoms with Gasteiger partial charge in [0.2, 0.25) is 11.9 Å². The average molecular weight is 313 g/mol. The Morgan fingerprint density at radius 2 is 1.90 bits per heavy atom. The Kier molecular flexibility index (Phi) is 8.37. The minimum Gasteiger partial charge on any atom is -0.396 e. The van der Waals surface area contributed by atoms with Crippen molar-refractivity contribution in [2.75, 3.05) is 42.2 Å². The van der Waals surface area contributed by atoms with E-state index in [-0.39, 0.29) is 12.5 Å². The Bertz CT molecular complexity index is 414. The summed E-state index contributed by atoms with van der Waals surface area (Å²) in [6.07, 6.45) is 1.02. The van der Waals surface area contributed by atoms with Crippen molar-refractivity contribution in [1.29, 1.82) is 0 Å². The monoisotopic (exact) mass is 313 g/mol. The van der Waals surface area contributed by atoms with E-state index in [1.165, 1.54) is 0 Å². The molecule has 0 aliphatic heterocycles. The first kappa shape index (κ1) is 18.0. The average Bonchev–Trinajstić information content (AvgIpc) is 2.51. The maximum absolute atomic E-state index is 9.12. The fourth-order valence-corrected chi connectivity index (χ4v) is 2.48. The zero-order chi connectivity index (χ0) is 15.7. The van der Waals surface area contributed by atoms with Crippen molar-refractivity contribution in [1.82, 2.24) is 15.0 Å². The van der Waals surface area contributed by atoms with Gasteiger partial charge < -0.3 is 15.3 Å². The highest BCUT2D eigenvalue weighted by Crippen LogP contribution is 2.20. The van der Waals surface area contributed by atoms with E-state index in [4.69, 9.17) is 5.11 Å². The SMILES string of the molecule is CCCNc1nc(SCC(C)CO)nc(N(CC)CC)n1. The molecular formula is C14H27N5OS. The highest BCUT2D eigenvalue weighted by molar-refractivity contribution is 7.99. The van der Waals surface area contributed by atoms with Crippen LogP contribution in [-0.2, 0) is 0 Å². The summed E-state index contributed by atoms with van der Waals surface area (Å²) < 4.78 is 0. The predicted molar refractivity (Wildman–Crippen MR) is 89.1 cm³/mol. The number of rotatable bonds is 10. The normalized spacial score (nSPS) is 12.2. The Balaban J connectivity index is 2.91. The lowest BCUT2D eigenvalue weighted by Crippen LogP contribution is -2.25. The van der Waals surface area contributed by atoms with Gasteiger partial charge in [0.05, 0.1) is 0 Å². The largest absolute Gasteiger partial charge is 0.396 e. The molecular weight excluding hydrogens is 286 g/mol. The van der Waals surface area contributed by atoms with E-state index >= 15 is 0 Å². The molecule has 6 nitrogen and oxygen atoms in total. The molecule has 1 aromatic rings. The molecule has 0 saturated carbocycles. The van der Waals surface area contributed by atoms with Crippen LogP contribution in [0, 0.1) is 5.92 Å². The van der Waals surface area contributed by atoms with Gasteiger partial charge in [0, 0.05) is 32.0 Å². The number of thioether (sulfide) groups is 1. The van der Waals surface area contributed by atoms with E-state index in [9.17, 15) is 0 Å². The number of hydrogen-bond donors (Lipinski definition) is 2. The number of aromatic nitrogens is 3. The van der Waals surface area contributed by atoms with Crippen molar-refractivity contribution < 1.29 is 5.11 Å². The van der Waals surface area contributed by atoms with Gasteiger partial charge in [0.25, 0.3) is 0 Å². The van der Waals surface area contributed by atoms with Gasteiger partial charge in [-0.1, -0.05) is 25.6 Å². The van der Waals surface area contributed by atoms with Crippen LogP contribution in [0.2, 0.25) is 0 Å². The van der Waals surface area contributed by atoms with Gasteiger partial charge in [0.15, 0.2) is 5.16 Å². The first-order valence-electron chi connectivity index (χ1n) is 7.63. The summed E-state index contributed by atoms with van der Waals surface area (Å²) in [5.74, 6) is 2.38. The molecule has 0 amide bonds. The molecule has 0 saturated heterocycles. The molecule has 7 heteroatoms. The molecule has 0 aliphatic carbocycles. The molecule has 1 rings (SSSR count). The Morgan fingerprint density at radius 1 is 1.19 bits per heavy atom. The summed E-state index contributed by atoms with van der Waals surface area (Å²) >= 11 is 1.56. The Morgan fingerprint density at radius 3 is 2.48 bits per heavy atom. The quantitative estimate of drug-likeness (QED) is 0.642. The fourth-order valence-electron chi connectivity index (χ4n) is 1.64. The van der Waals surface area contributed by atoms with Crippen LogP contribution in [0.5, 0.6) is 0 Å². The zero-order valence-electron chi connectivity index (χ0n) is 13.5. The topological polar surface area (TPSA) is 74.2 Å². The van der Waals surface area contributed by atoms with Crippen LogP contribution in [0.25, 0.3) is 0 Å². The lowest BCUT2D eigenvalue weighted by atomic mass is 10.2. The standard InChI is InChI=1S/C14H27N5OS/c1-5-8-15-12-16-13(19(6-2)7-3)18-14(17-12)21-10-11(4)9-20/h11,20H,5-10H2,1-4H3,(H,15,16,17,18). The van der Waals surface area contributed by atoms with Gasteiger partial charge in [-0.15, -0.1) is 0 Å². The van der Waals surface area contributed by atoms with Crippen LogP contribution >= 0.6 is 11.8 Å². The first-order chi connectivity index (χ1) is 10.1. The van der Waals surface area contributed by atoms with E-state index in [0.29, 0.717) is 17.1 Å². The number of hydrogen-bond acceptors (Lipinski definition) is 7. The number of aliphatic hydroxyl groups excluding tert-OH is 1. The molecule has 0 radical (unpaired) electrons. The van der Waals surface area contributed by atoms with E-state index in [0.717, 1.165) is 31.8 Å². The number of nitrogens with one attached hydrogen (secondary N) is 1. The molecule has 0 aliphatic rings. The number of nitrogens with zero attached hydrogens (tertiary/aromatic N) is 4. The van der Waals surface area contributed by atoms with Crippen molar-refractivity contribution in [2.45, 2.75) is 39.3 Å². The smallest absolute Gasteiger partial charge is 0.231 e. The lowest BCUT2D eigenvalue weighted by molar-refractivity contribution is 0.250. The van der Waals surface area contributed by atoms with Crippen molar-refractivity contribution in [3.05, 3.63) is 0 Å². The van der Waals surface area contributed by atoms with Crippen molar-refractivity contribution in [2.24, 2.45) is 5.92 Å². The third kappa shape index (κ3) is 6.05. The van der Waals surface area contributed by atoms with Gasteiger partial charge in [-0.05, 0) is 26.2 Å². The van der Waals surface area contributed by atoms with Crippen molar-refractivity contribution >= 4 is 23.7 Å². The molecule has 21 heavy (non-hydrogen) atoms. The van der Waals surface area contributed by atoms with Crippen LogP contribution in [-0.4, -0.2) is 52.1 Å². The van der Waals surface area contributed by atoms with Crippen LogP contribution in [0.1, 0.15) is 34.1 Å². The molecule has 1 atom stereocenters. The molecule has 1 aromatic heterocycles. The van der Waals surface area contributed by atoms with E-state index < -0.39 is 0 Å². The van der Waals surface area contributed by atoms with E-state index in [1.54, 1.807) is 11.8 Å². The van der Waals surface area contributed by atoms with Crippen LogP contribution in [0.4, 0.5) is 11.9 Å². The van der Waals surface area contributed by atoms with Gasteiger partial charge in [0.1, 0.15) is 0 Å². The maximum Gasteiger partial charge on any atom is 0.231 e. The van der Waals surface area contributed by atoms with Gasteiger partial charge in [-0.2, -0.15) is 15.0 Å². The Labute approximate surface area is 131 Å². The maximum atomic E-state index is 9.12. The molecule has 1 heterocycles. The first-order valence-corrected chi connectivity index (χ1v) is 8.61. The number of aliphatic hydroxyl groups is 1. The third-order valence-electron chi connectivity index (χ3n) is 2.99. The Hall–Kier alpha value is -1.08. The highest BCUT2D eigenvalue weighted by Gasteiger charge is 2.12. The molecule has 120 valence electrons. The summed E-state index contributed by atoms with van der Waals surface area (Å²) in [4.78, 5) is 15.6. The minimum absolute atomic E-state index is 0.182. The van der Waals surface area contributed by atoms with Crippen molar-refractivity contribution in [3.63, 3.8) is 0 Å². The fraction of sp³-hybridized carbons (Fsp3) is 0.786. The van der Waals surface area contributed by atoms with Gasteiger partial charge >= 0.3 is 0 Å². The van der Waals surface area contributed by atoms with Crippen LogP contribution in [0.3, 0.4) is 0 Å². The summed E-state index contributed by atoms with van der Waals surface area (Å²) in [6, 6.07) is 0. The molecule has 0 aromatic carbocycles. The molecule has 2 N–H and O–H groups in total. The summed E-state index contributed by atoms with van der Waals surface area (Å²) in [5, 5.41) is 13.1. The lowest BCUT2D eigenvalue weighted by Gasteiger charge is -2.19. The molecule has 0 fully saturated rings. The zero-order valence-corrected chi connectivity index (χ0v) is 14.3. The second-order valence-corrected chi connectivity index (χ2v) is 5.93. The summed E-state index contributed by atoms with van der Waals surface area (Å²) in [7, 11) is 0. The highest BCUT2D eigenvalue weighted by atomic mass is 32.2. The predicted octanol–water partition coefficient (Wildman–Crippen LogP) is 2.26. The van der Waals surface area contributed by atoms with E-state index in [1.807, 2.05) is 6.92 Å². The second-order valence-electron chi connectivity index (χ2n) is 4.94. The van der Waals surface area contributed by atoms with Gasteiger partial charge in [-0.3, -0.25) is 0 Å².